The molecule has 0 unspecified atom stereocenters. The number of methoxy groups -OCH3 is 1. The van der Waals surface area contributed by atoms with Gasteiger partial charge in [0.05, 0.1) is 18.8 Å². The van der Waals surface area contributed by atoms with E-state index in [9.17, 15) is 4.79 Å². The SMILES string of the molecule is CCc1nccn1CCn1cnc2c(OC)cccc2c1=O. The Labute approximate surface area is 128 Å². The molecule has 0 amide bonds. The summed E-state index contributed by atoms with van der Waals surface area (Å²) < 4.78 is 8.93. The molecule has 2 aromatic heterocycles. The van der Waals surface area contributed by atoms with Crippen molar-refractivity contribution < 1.29 is 4.74 Å². The molecule has 6 heteroatoms. The summed E-state index contributed by atoms with van der Waals surface area (Å²) in [7, 11) is 1.58. The zero-order chi connectivity index (χ0) is 15.5. The van der Waals surface area contributed by atoms with E-state index in [4.69, 9.17) is 4.74 Å². The van der Waals surface area contributed by atoms with Crippen molar-refractivity contribution in [3.8, 4) is 5.75 Å². The van der Waals surface area contributed by atoms with Gasteiger partial charge in [-0.25, -0.2) is 9.97 Å². The van der Waals surface area contributed by atoms with Crippen molar-refractivity contribution in [1.29, 1.82) is 0 Å². The maximum Gasteiger partial charge on any atom is 0.261 e. The van der Waals surface area contributed by atoms with Gasteiger partial charge >= 0.3 is 0 Å². The lowest BCUT2D eigenvalue weighted by atomic mass is 10.2. The highest BCUT2D eigenvalue weighted by Crippen LogP contribution is 2.19. The van der Waals surface area contributed by atoms with E-state index in [0.29, 0.717) is 29.7 Å². The third kappa shape index (κ3) is 2.47. The Kier molecular flexibility index (Phi) is 3.91. The number of hydrogen-bond acceptors (Lipinski definition) is 4. The number of benzene rings is 1. The maximum absolute atomic E-state index is 12.6. The van der Waals surface area contributed by atoms with Crippen molar-refractivity contribution in [2.24, 2.45) is 0 Å². The van der Waals surface area contributed by atoms with Gasteiger partial charge in [-0.15, -0.1) is 0 Å². The molecule has 0 spiro atoms. The van der Waals surface area contributed by atoms with Crippen LogP contribution in [-0.4, -0.2) is 26.2 Å². The zero-order valence-corrected chi connectivity index (χ0v) is 12.7. The highest BCUT2D eigenvalue weighted by molar-refractivity contribution is 5.83. The van der Waals surface area contributed by atoms with E-state index in [1.165, 1.54) is 0 Å². The van der Waals surface area contributed by atoms with Crippen LogP contribution in [0.3, 0.4) is 0 Å². The molecule has 0 radical (unpaired) electrons. The Morgan fingerprint density at radius 1 is 1.18 bits per heavy atom. The first-order valence-corrected chi connectivity index (χ1v) is 7.26. The highest BCUT2D eigenvalue weighted by Gasteiger charge is 2.08. The Hall–Kier alpha value is -2.63. The van der Waals surface area contributed by atoms with Crippen LogP contribution in [-0.2, 0) is 19.5 Å². The van der Waals surface area contributed by atoms with Crippen molar-refractivity contribution in [3.63, 3.8) is 0 Å². The normalized spacial score (nSPS) is 11.0. The first kappa shape index (κ1) is 14.3. The summed E-state index contributed by atoms with van der Waals surface area (Å²) in [5, 5.41) is 0.572. The Balaban J connectivity index is 1.92. The van der Waals surface area contributed by atoms with Crippen LogP contribution in [0.5, 0.6) is 5.75 Å². The van der Waals surface area contributed by atoms with Gasteiger partial charge in [0.1, 0.15) is 17.1 Å². The average Bonchev–Trinajstić information content (AvgIpc) is 3.01. The number of rotatable bonds is 5. The number of ether oxygens (including phenoxy) is 1. The summed E-state index contributed by atoms with van der Waals surface area (Å²) in [6, 6.07) is 5.39. The fourth-order valence-corrected chi connectivity index (χ4v) is 2.56. The number of para-hydroxylation sites is 1. The molecule has 0 saturated carbocycles. The van der Waals surface area contributed by atoms with E-state index in [1.807, 2.05) is 6.20 Å². The fraction of sp³-hybridized carbons (Fsp3) is 0.312. The zero-order valence-electron chi connectivity index (χ0n) is 12.7. The number of nitrogens with zero attached hydrogens (tertiary/aromatic N) is 4. The number of imidazole rings is 1. The van der Waals surface area contributed by atoms with Crippen molar-refractivity contribution >= 4 is 10.9 Å². The second-order valence-corrected chi connectivity index (χ2v) is 4.99. The van der Waals surface area contributed by atoms with E-state index in [2.05, 4.69) is 21.5 Å². The molecule has 0 aliphatic heterocycles. The van der Waals surface area contributed by atoms with Gasteiger partial charge < -0.3 is 9.30 Å². The molecule has 0 N–H and O–H groups in total. The second kappa shape index (κ2) is 6.01. The van der Waals surface area contributed by atoms with Gasteiger partial charge in [-0.3, -0.25) is 9.36 Å². The van der Waals surface area contributed by atoms with Crippen LogP contribution >= 0.6 is 0 Å². The van der Waals surface area contributed by atoms with Crippen LogP contribution in [0, 0.1) is 0 Å². The Bertz CT molecular complexity index is 851. The number of hydrogen-bond donors (Lipinski definition) is 0. The van der Waals surface area contributed by atoms with Crippen molar-refractivity contribution in [2.75, 3.05) is 7.11 Å². The van der Waals surface area contributed by atoms with Crippen LogP contribution in [0.15, 0.2) is 41.7 Å². The molecule has 0 aliphatic rings. The van der Waals surface area contributed by atoms with Gasteiger partial charge in [0.2, 0.25) is 0 Å². The molecular weight excluding hydrogens is 280 g/mol. The molecule has 3 aromatic rings. The van der Waals surface area contributed by atoms with Crippen LogP contribution in [0.2, 0.25) is 0 Å². The lowest BCUT2D eigenvalue weighted by Gasteiger charge is -2.10. The quantitative estimate of drug-likeness (QED) is 0.721. The second-order valence-electron chi connectivity index (χ2n) is 4.99. The number of aryl methyl sites for hydroxylation is 3. The molecule has 3 rings (SSSR count). The van der Waals surface area contributed by atoms with Gasteiger partial charge in [-0.1, -0.05) is 13.0 Å². The lowest BCUT2D eigenvalue weighted by molar-refractivity contribution is 0.418. The third-order valence-electron chi connectivity index (χ3n) is 3.74. The summed E-state index contributed by atoms with van der Waals surface area (Å²) in [5.41, 5.74) is 0.546. The minimum atomic E-state index is -0.0536. The van der Waals surface area contributed by atoms with Crippen molar-refractivity contribution in [3.05, 3.63) is 53.1 Å². The van der Waals surface area contributed by atoms with Gasteiger partial charge in [-0.05, 0) is 12.1 Å². The summed E-state index contributed by atoms with van der Waals surface area (Å²) in [6.07, 6.45) is 6.16. The maximum atomic E-state index is 12.6. The smallest absolute Gasteiger partial charge is 0.261 e. The molecule has 2 heterocycles. The molecule has 0 saturated heterocycles. The molecule has 0 fully saturated rings. The van der Waals surface area contributed by atoms with Crippen LogP contribution in [0.25, 0.3) is 10.9 Å². The minimum Gasteiger partial charge on any atom is -0.494 e. The number of aromatic nitrogens is 4. The predicted octanol–water partition coefficient (Wildman–Crippen LogP) is 1.86. The van der Waals surface area contributed by atoms with Gasteiger partial charge in [0.25, 0.3) is 5.56 Å². The highest BCUT2D eigenvalue weighted by atomic mass is 16.5. The number of fused-ring (bicyclic) bond motifs is 1. The van der Waals surface area contributed by atoms with E-state index < -0.39 is 0 Å². The first-order valence-electron chi connectivity index (χ1n) is 7.26. The lowest BCUT2D eigenvalue weighted by Crippen LogP contribution is -2.23. The van der Waals surface area contributed by atoms with E-state index in [1.54, 1.807) is 42.4 Å². The van der Waals surface area contributed by atoms with Gasteiger partial charge in [0.15, 0.2) is 0 Å². The minimum absolute atomic E-state index is 0.0536. The Morgan fingerprint density at radius 2 is 2.00 bits per heavy atom. The molecule has 22 heavy (non-hydrogen) atoms. The topological polar surface area (TPSA) is 61.9 Å². The van der Waals surface area contributed by atoms with Crippen LogP contribution in [0.4, 0.5) is 0 Å². The van der Waals surface area contributed by atoms with Gasteiger partial charge in [0, 0.05) is 31.9 Å². The van der Waals surface area contributed by atoms with Crippen LogP contribution in [0.1, 0.15) is 12.7 Å². The summed E-state index contributed by atoms with van der Waals surface area (Å²) >= 11 is 0. The molecular formula is C16H18N4O2. The predicted molar refractivity (Wildman–Crippen MR) is 84.2 cm³/mol. The molecule has 1 aromatic carbocycles. The Morgan fingerprint density at radius 3 is 2.77 bits per heavy atom. The summed E-state index contributed by atoms with van der Waals surface area (Å²) in [6.45, 7) is 3.32. The molecule has 6 nitrogen and oxygen atoms in total. The first-order chi connectivity index (χ1) is 10.7. The summed E-state index contributed by atoms with van der Waals surface area (Å²) in [5.74, 6) is 1.63. The van der Waals surface area contributed by atoms with E-state index in [-0.39, 0.29) is 5.56 Å². The molecule has 0 bridgehead atoms. The van der Waals surface area contributed by atoms with Crippen molar-refractivity contribution in [1.82, 2.24) is 19.1 Å². The molecule has 0 atom stereocenters. The van der Waals surface area contributed by atoms with Crippen molar-refractivity contribution in [2.45, 2.75) is 26.4 Å². The molecule has 0 aliphatic carbocycles. The average molecular weight is 298 g/mol. The standard InChI is InChI=1S/C16H18N4O2/c1-3-14-17-7-8-19(14)9-10-20-11-18-15-12(16(20)21)5-4-6-13(15)22-2/h4-8,11H,3,9-10H2,1-2H3. The largest absolute Gasteiger partial charge is 0.494 e. The van der Waals surface area contributed by atoms with E-state index in [0.717, 1.165) is 12.2 Å². The monoisotopic (exact) mass is 298 g/mol. The van der Waals surface area contributed by atoms with Gasteiger partial charge in [-0.2, -0.15) is 0 Å². The fourth-order valence-electron chi connectivity index (χ4n) is 2.56. The third-order valence-corrected chi connectivity index (χ3v) is 3.74. The summed E-state index contributed by atoms with van der Waals surface area (Å²) in [4.78, 5) is 21.2. The van der Waals surface area contributed by atoms with E-state index >= 15 is 0 Å². The van der Waals surface area contributed by atoms with Crippen LogP contribution < -0.4 is 10.3 Å². The molecule has 114 valence electrons.